The normalized spacial score (nSPS) is 25.2. The summed E-state index contributed by atoms with van der Waals surface area (Å²) in [6.07, 6.45) is 0.00343. The van der Waals surface area contributed by atoms with Crippen LogP contribution >= 0.6 is 11.6 Å². The molecule has 0 aromatic heterocycles. The van der Waals surface area contributed by atoms with Crippen molar-refractivity contribution in [2.45, 2.75) is 25.7 Å². The van der Waals surface area contributed by atoms with E-state index in [0.717, 1.165) is 10.6 Å². The first-order valence-electron chi connectivity index (χ1n) is 4.64. The summed E-state index contributed by atoms with van der Waals surface area (Å²) in [4.78, 5) is 0. The second-order valence-electron chi connectivity index (χ2n) is 3.87. The van der Waals surface area contributed by atoms with Gasteiger partial charge in [0.1, 0.15) is 6.10 Å². The van der Waals surface area contributed by atoms with Crippen LogP contribution in [0, 0.1) is 0 Å². The van der Waals surface area contributed by atoms with Gasteiger partial charge in [0.2, 0.25) is 0 Å². The van der Waals surface area contributed by atoms with Crippen molar-refractivity contribution in [1.29, 1.82) is 0 Å². The van der Waals surface area contributed by atoms with E-state index in [9.17, 15) is 0 Å². The predicted molar refractivity (Wildman–Crippen MR) is 55.3 cm³/mol. The Bertz CT molecular complexity index is 336. The molecule has 0 N–H and O–H groups in total. The van der Waals surface area contributed by atoms with Gasteiger partial charge in [0.05, 0.1) is 6.61 Å². The molecule has 0 radical (unpaired) electrons. The summed E-state index contributed by atoms with van der Waals surface area (Å²) >= 11 is 5.90. The van der Waals surface area contributed by atoms with Gasteiger partial charge in [-0.3, -0.25) is 0 Å². The maximum atomic E-state index is 5.90. The zero-order chi connectivity index (χ0) is 10.2. The fourth-order valence-electron chi connectivity index (χ4n) is 1.56. The molecule has 1 saturated heterocycles. The van der Waals surface area contributed by atoms with E-state index in [1.165, 1.54) is 0 Å². The average Bonchev–Trinajstić information content (AvgIpc) is 2.46. The molecule has 1 heterocycles. The average molecular weight is 213 g/mol. The predicted octanol–water partition coefficient (Wildman–Crippen LogP) is 3.16. The van der Waals surface area contributed by atoms with E-state index < -0.39 is 5.79 Å². The van der Waals surface area contributed by atoms with Crippen LogP contribution in [0.25, 0.3) is 0 Å². The van der Waals surface area contributed by atoms with E-state index in [0.29, 0.717) is 6.61 Å². The Morgan fingerprint density at radius 2 is 2.21 bits per heavy atom. The van der Waals surface area contributed by atoms with Crippen LogP contribution in [-0.2, 0) is 9.47 Å². The van der Waals surface area contributed by atoms with Crippen molar-refractivity contribution >= 4 is 11.6 Å². The van der Waals surface area contributed by atoms with Gasteiger partial charge in [-0.05, 0) is 31.5 Å². The molecular weight excluding hydrogens is 200 g/mol. The maximum absolute atomic E-state index is 5.90. The van der Waals surface area contributed by atoms with E-state index >= 15 is 0 Å². The highest BCUT2D eigenvalue weighted by Crippen LogP contribution is 2.33. The minimum atomic E-state index is -0.479. The van der Waals surface area contributed by atoms with Gasteiger partial charge < -0.3 is 9.47 Å². The molecule has 0 bridgehead atoms. The third-order valence-electron chi connectivity index (χ3n) is 2.23. The minimum Gasteiger partial charge on any atom is -0.347 e. The number of benzene rings is 1. The topological polar surface area (TPSA) is 18.5 Å². The zero-order valence-corrected chi connectivity index (χ0v) is 9.04. The van der Waals surface area contributed by atoms with Crippen LogP contribution in [-0.4, -0.2) is 12.4 Å². The lowest BCUT2D eigenvalue weighted by molar-refractivity contribution is -0.139. The molecular formula is C11H13ClO2. The summed E-state index contributed by atoms with van der Waals surface area (Å²) in [6.45, 7) is 4.42. The van der Waals surface area contributed by atoms with Crippen molar-refractivity contribution in [2.24, 2.45) is 0 Å². The Labute approximate surface area is 88.8 Å². The van der Waals surface area contributed by atoms with E-state index in [1.54, 1.807) is 0 Å². The molecule has 0 amide bonds. The number of hydrogen-bond donors (Lipinski definition) is 0. The summed E-state index contributed by atoms with van der Waals surface area (Å²) in [7, 11) is 0. The molecule has 2 rings (SSSR count). The highest BCUT2D eigenvalue weighted by atomic mass is 35.5. The Morgan fingerprint density at radius 1 is 1.43 bits per heavy atom. The van der Waals surface area contributed by atoms with Gasteiger partial charge in [0.25, 0.3) is 0 Å². The molecule has 1 aromatic rings. The minimum absolute atomic E-state index is 0.00343. The van der Waals surface area contributed by atoms with Crippen molar-refractivity contribution < 1.29 is 9.47 Å². The fourth-order valence-corrected chi connectivity index (χ4v) is 1.76. The lowest BCUT2D eigenvalue weighted by Crippen LogP contribution is -2.19. The lowest BCUT2D eigenvalue weighted by atomic mass is 10.1. The molecule has 1 aromatic carbocycles. The standard InChI is InChI=1S/C11H13ClO2/c1-11(2)13-7-10(14-11)8-4-3-5-9(12)6-8/h3-6,10H,7H2,1-2H3. The van der Waals surface area contributed by atoms with Crippen LogP contribution in [0.5, 0.6) is 0 Å². The summed E-state index contributed by atoms with van der Waals surface area (Å²) in [5.74, 6) is -0.479. The first-order valence-corrected chi connectivity index (χ1v) is 5.02. The third kappa shape index (κ3) is 2.08. The lowest BCUT2D eigenvalue weighted by Gasteiger charge is -2.17. The van der Waals surface area contributed by atoms with E-state index in [2.05, 4.69) is 0 Å². The van der Waals surface area contributed by atoms with Crippen molar-refractivity contribution in [2.75, 3.05) is 6.61 Å². The van der Waals surface area contributed by atoms with Crippen molar-refractivity contribution in [3.05, 3.63) is 34.9 Å². The molecule has 3 heteroatoms. The highest BCUT2D eigenvalue weighted by molar-refractivity contribution is 6.30. The molecule has 2 nitrogen and oxygen atoms in total. The molecule has 1 unspecified atom stereocenters. The van der Waals surface area contributed by atoms with Crippen LogP contribution < -0.4 is 0 Å². The van der Waals surface area contributed by atoms with E-state index in [1.807, 2.05) is 38.1 Å². The van der Waals surface area contributed by atoms with Crippen molar-refractivity contribution in [3.63, 3.8) is 0 Å². The van der Waals surface area contributed by atoms with Crippen LogP contribution in [0.1, 0.15) is 25.5 Å². The smallest absolute Gasteiger partial charge is 0.163 e. The quantitative estimate of drug-likeness (QED) is 0.712. The first kappa shape index (κ1) is 9.97. The van der Waals surface area contributed by atoms with Gasteiger partial charge in [-0.15, -0.1) is 0 Å². The summed E-state index contributed by atoms with van der Waals surface area (Å²) in [5, 5.41) is 0.732. The zero-order valence-electron chi connectivity index (χ0n) is 8.29. The highest BCUT2D eigenvalue weighted by Gasteiger charge is 2.33. The van der Waals surface area contributed by atoms with Gasteiger partial charge in [-0.2, -0.15) is 0 Å². The van der Waals surface area contributed by atoms with Gasteiger partial charge in [-0.1, -0.05) is 23.7 Å². The second kappa shape index (κ2) is 3.54. The van der Waals surface area contributed by atoms with Crippen LogP contribution in [0.15, 0.2) is 24.3 Å². The van der Waals surface area contributed by atoms with E-state index in [-0.39, 0.29) is 6.10 Å². The molecule has 1 fully saturated rings. The summed E-state index contributed by atoms with van der Waals surface area (Å²) < 4.78 is 11.2. The second-order valence-corrected chi connectivity index (χ2v) is 4.31. The fraction of sp³-hybridized carbons (Fsp3) is 0.455. The first-order chi connectivity index (χ1) is 6.57. The monoisotopic (exact) mass is 212 g/mol. The Hall–Kier alpha value is -0.570. The number of ether oxygens (including phenoxy) is 2. The number of rotatable bonds is 1. The van der Waals surface area contributed by atoms with Crippen molar-refractivity contribution in [3.8, 4) is 0 Å². The molecule has 0 spiro atoms. The third-order valence-corrected chi connectivity index (χ3v) is 2.46. The molecule has 76 valence electrons. The maximum Gasteiger partial charge on any atom is 0.163 e. The molecule has 1 atom stereocenters. The Kier molecular flexibility index (Phi) is 2.52. The van der Waals surface area contributed by atoms with Crippen LogP contribution in [0.2, 0.25) is 5.02 Å². The number of hydrogen-bond acceptors (Lipinski definition) is 2. The molecule has 1 aliphatic heterocycles. The van der Waals surface area contributed by atoms with Gasteiger partial charge in [-0.25, -0.2) is 0 Å². The molecule has 1 aliphatic rings. The Morgan fingerprint density at radius 3 is 2.79 bits per heavy atom. The summed E-state index contributed by atoms with van der Waals surface area (Å²) in [6, 6.07) is 7.69. The van der Waals surface area contributed by atoms with Gasteiger partial charge >= 0.3 is 0 Å². The van der Waals surface area contributed by atoms with Crippen LogP contribution in [0.3, 0.4) is 0 Å². The molecule has 0 saturated carbocycles. The Balaban J connectivity index is 2.17. The van der Waals surface area contributed by atoms with Crippen molar-refractivity contribution in [1.82, 2.24) is 0 Å². The van der Waals surface area contributed by atoms with E-state index in [4.69, 9.17) is 21.1 Å². The van der Waals surface area contributed by atoms with Crippen LogP contribution in [0.4, 0.5) is 0 Å². The molecule has 0 aliphatic carbocycles. The summed E-state index contributed by atoms with van der Waals surface area (Å²) in [5.41, 5.74) is 1.07. The molecule has 14 heavy (non-hydrogen) atoms. The van der Waals surface area contributed by atoms with Gasteiger partial charge in [0, 0.05) is 5.02 Å². The van der Waals surface area contributed by atoms with Gasteiger partial charge in [0.15, 0.2) is 5.79 Å². The SMILES string of the molecule is CC1(C)OCC(c2cccc(Cl)c2)O1. The largest absolute Gasteiger partial charge is 0.347 e. The number of halogens is 1.